The van der Waals surface area contributed by atoms with Gasteiger partial charge in [-0.2, -0.15) is 8.42 Å². The number of hydrogen-bond acceptors (Lipinski definition) is 8. The topological polar surface area (TPSA) is 114 Å². The van der Waals surface area contributed by atoms with Crippen molar-refractivity contribution in [3.8, 4) is 11.5 Å². The molecule has 0 aliphatic carbocycles. The van der Waals surface area contributed by atoms with E-state index in [-0.39, 0.29) is 22.6 Å². The van der Waals surface area contributed by atoms with Gasteiger partial charge in [0.2, 0.25) is 17.4 Å². The predicted octanol–water partition coefficient (Wildman–Crippen LogP) is 2.02. The Labute approximate surface area is 166 Å². The first-order chi connectivity index (χ1) is 14.5. The second kappa shape index (κ2) is 7.81. The summed E-state index contributed by atoms with van der Waals surface area (Å²) in [6.07, 6.45) is -2.53. The molecule has 3 rings (SSSR count). The molecule has 1 heterocycles. The minimum absolute atomic E-state index is 0.00451. The molecule has 0 spiro atoms. The summed E-state index contributed by atoms with van der Waals surface area (Å²) in [6, 6.07) is 11.3. The summed E-state index contributed by atoms with van der Waals surface area (Å²) in [5.41, 5.74) is 2.33. The molecule has 0 bridgehead atoms. The highest BCUT2D eigenvalue weighted by molar-refractivity contribution is 7.86. The van der Waals surface area contributed by atoms with E-state index < -0.39 is 39.3 Å². The van der Waals surface area contributed by atoms with Crippen molar-refractivity contribution in [2.45, 2.75) is 11.8 Å². The molecular weight excluding hydrogens is 386 g/mol. The van der Waals surface area contributed by atoms with Crippen LogP contribution in [0.25, 0.3) is 0 Å². The fourth-order valence-electron chi connectivity index (χ4n) is 2.52. The lowest BCUT2D eigenvalue weighted by atomic mass is 10.0. The van der Waals surface area contributed by atoms with Crippen molar-refractivity contribution in [3.05, 3.63) is 71.3 Å². The third kappa shape index (κ3) is 3.89. The number of carbonyl (C=O) groups excluding carboxylic acids is 1. The fraction of sp³-hybridized carbons (Fsp3) is 0.211. The largest absolute Gasteiger partial charge is 0.493 e. The zero-order chi connectivity index (χ0) is 23.0. The van der Waals surface area contributed by atoms with Crippen LogP contribution in [0.2, 0.25) is 0 Å². The lowest BCUT2D eigenvalue weighted by Gasteiger charge is -2.16. The normalized spacial score (nSPS) is 21.4. The predicted molar refractivity (Wildman–Crippen MR) is 99.7 cm³/mol. The quantitative estimate of drug-likeness (QED) is 0.692. The molecule has 2 aromatic carbocycles. The zero-order valence-electron chi connectivity index (χ0n) is 18.0. The second-order valence-corrected chi connectivity index (χ2v) is 6.78. The van der Waals surface area contributed by atoms with Gasteiger partial charge in [-0.05, 0) is 11.6 Å². The Balaban J connectivity index is 1.99. The van der Waals surface area contributed by atoms with Gasteiger partial charge in [0, 0.05) is 5.56 Å². The number of para-hydroxylation sites is 1. The van der Waals surface area contributed by atoms with Gasteiger partial charge in [0.05, 0.1) is 18.3 Å². The highest BCUT2D eigenvalue weighted by atomic mass is 32.2. The van der Waals surface area contributed by atoms with Crippen LogP contribution in [0.15, 0.2) is 60.2 Å². The lowest BCUT2D eigenvalue weighted by molar-refractivity contribution is -0.123. The Kier molecular flexibility index (Phi) is 4.41. The molecule has 0 unspecified atom stereocenters. The van der Waals surface area contributed by atoms with E-state index in [2.05, 4.69) is 0 Å². The average Bonchev–Trinajstić information content (AvgIpc) is 2.97. The first-order valence-corrected chi connectivity index (χ1v) is 9.35. The lowest BCUT2D eigenvalue weighted by Crippen LogP contribution is -2.16. The van der Waals surface area contributed by atoms with Gasteiger partial charge in [0.15, 0.2) is 17.6 Å². The van der Waals surface area contributed by atoms with Crippen molar-refractivity contribution in [1.82, 2.24) is 0 Å². The number of ketones is 1. The number of ether oxygens (including phenoxy) is 3. The van der Waals surface area contributed by atoms with Crippen LogP contribution in [-0.2, 0) is 29.5 Å². The summed E-state index contributed by atoms with van der Waals surface area (Å²) >= 11 is 0. The third-order valence-corrected chi connectivity index (χ3v) is 4.58. The Bertz CT molecular complexity index is 1150. The van der Waals surface area contributed by atoms with Gasteiger partial charge in [-0.1, -0.05) is 42.5 Å². The Hall–Kier alpha value is -3.20. The molecule has 2 aromatic rings. The molecule has 0 radical (unpaired) electrons. The molecule has 0 aromatic heterocycles. The van der Waals surface area contributed by atoms with Crippen molar-refractivity contribution in [2.24, 2.45) is 5.73 Å². The Morgan fingerprint density at radius 2 is 1.86 bits per heavy atom. The van der Waals surface area contributed by atoms with Crippen LogP contribution in [0.4, 0.5) is 0 Å². The monoisotopic (exact) mass is 408 g/mol. The first kappa shape index (κ1) is 15.8. The highest BCUT2D eigenvalue weighted by Gasteiger charge is 2.41. The molecule has 2 N–H and O–H groups in total. The van der Waals surface area contributed by atoms with Crippen molar-refractivity contribution in [2.75, 3.05) is 14.2 Å². The van der Waals surface area contributed by atoms with E-state index in [0.29, 0.717) is 0 Å². The van der Waals surface area contributed by atoms with Crippen LogP contribution in [0.1, 0.15) is 21.3 Å². The standard InChI is InChI=1S/C19H19NO7S/c1-24-14-10-6-9-13(16(14)25-2)17-15(21)18(19(20)26-17)27-28(22,23)11-12-7-4-3-5-8-12/h3-10,17H,11,20H2,1-2H3/t17-/m1/s1/i11D2,17D. The average molecular weight is 408 g/mol. The van der Waals surface area contributed by atoms with Crippen LogP contribution < -0.4 is 15.2 Å². The van der Waals surface area contributed by atoms with E-state index in [9.17, 15) is 13.2 Å². The van der Waals surface area contributed by atoms with Gasteiger partial charge in [0.25, 0.3) is 0 Å². The van der Waals surface area contributed by atoms with Gasteiger partial charge in [-0.3, -0.25) is 4.79 Å². The molecule has 0 amide bonds. The molecule has 0 fully saturated rings. The molecule has 148 valence electrons. The smallest absolute Gasteiger partial charge is 0.313 e. The van der Waals surface area contributed by atoms with Crippen molar-refractivity contribution in [3.63, 3.8) is 0 Å². The van der Waals surface area contributed by atoms with Gasteiger partial charge in [-0.25, -0.2) is 0 Å². The van der Waals surface area contributed by atoms with E-state index in [1.807, 2.05) is 0 Å². The summed E-state index contributed by atoms with van der Waals surface area (Å²) in [5, 5.41) is 0. The zero-order valence-corrected chi connectivity index (χ0v) is 15.8. The number of nitrogens with two attached hydrogens (primary N) is 1. The minimum Gasteiger partial charge on any atom is -0.493 e. The summed E-state index contributed by atoms with van der Waals surface area (Å²) in [7, 11) is -2.42. The van der Waals surface area contributed by atoms with Gasteiger partial charge in [-0.15, -0.1) is 0 Å². The first-order valence-electron chi connectivity index (χ1n) is 9.44. The van der Waals surface area contributed by atoms with E-state index in [0.717, 1.165) is 0 Å². The number of hydrogen-bond donors (Lipinski definition) is 1. The summed E-state index contributed by atoms with van der Waals surface area (Å²) in [4.78, 5) is 13.0. The fourth-order valence-corrected chi connectivity index (χ4v) is 3.36. The molecule has 28 heavy (non-hydrogen) atoms. The van der Waals surface area contributed by atoms with Crippen LogP contribution in [0, 0.1) is 0 Å². The number of methoxy groups -OCH3 is 2. The second-order valence-electron chi connectivity index (χ2n) is 5.50. The molecule has 8 nitrogen and oxygen atoms in total. The van der Waals surface area contributed by atoms with Gasteiger partial charge in [0.1, 0.15) is 5.70 Å². The molecule has 1 atom stereocenters. The maximum absolute atomic E-state index is 13.0. The third-order valence-electron chi connectivity index (χ3n) is 3.71. The van der Waals surface area contributed by atoms with Crippen molar-refractivity contribution >= 4 is 15.9 Å². The van der Waals surface area contributed by atoms with Crippen molar-refractivity contribution in [1.29, 1.82) is 0 Å². The molecule has 1 aliphatic heterocycles. The summed E-state index contributed by atoms with van der Waals surface area (Å²) in [6.45, 7) is 0. The van der Waals surface area contributed by atoms with Crippen LogP contribution in [0.3, 0.4) is 0 Å². The Morgan fingerprint density at radius 3 is 2.50 bits per heavy atom. The maximum Gasteiger partial charge on any atom is 0.313 e. The van der Waals surface area contributed by atoms with Crippen LogP contribution in [-0.4, -0.2) is 28.4 Å². The minimum atomic E-state index is -5.07. The number of carbonyl (C=O) groups is 1. The maximum atomic E-state index is 13.0. The highest BCUT2D eigenvalue weighted by Crippen LogP contribution is 2.41. The number of benzene rings is 2. The molecule has 9 heteroatoms. The van der Waals surface area contributed by atoms with E-state index in [4.69, 9.17) is 28.2 Å². The van der Waals surface area contributed by atoms with Crippen LogP contribution >= 0.6 is 0 Å². The molecule has 0 saturated carbocycles. The van der Waals surface area contributed by atoms with E-state index in [1.165, 1.54) is 56.7 Å². The SMILES string of the molecule is [2H]C([2H])(c1ccccc1)S(=O)(=O)OC1=C(N)O[C@]([2H])(c2cccc(OC)c2OC)C1=O. The molecular formula is C19H19NO7S. The number of rotatable bonds is 7. The summed E-state index contributed by atoms with van der Waals surface area (Å²) in [5.74, 6) is -2.82. The van der Waals surface area contributed by atoms with Gasteiger partial charge >= 0.3 is 10.1 Å². The van der Waals surface area contributed by atoms with E-state index in [1.54, 1.807) is 6.07 Å². The molecule has 0 saturated heterocycles. The van der Waals surface area contributed by atoms with Crippen molar-refractivity contribution < 1.29 is 35.7 Å². The van der Waals surface area contributed by atoms with Crippen LogP contribution in [0.5, 0.6) is 11.5 Å². The van der Waals surface area contributed by atoms with Gasteiger partial charge < -0.3 is 24.1 Å². The Morgan fingerprint density at radius 1 is 1.14 bits per heavy atom. The van der Waals surface area contributed by atoms with E-state index >= 15 is 0 Å². The summed E-state index contributed by atoms with van der Waals surface area (Å²) < 4.78 is 70.2. The number of Topliss-reactive ketones (excluding diaryl/α,β-unsaturated/α-hetero) is 1. The molecule has 1 aliphatic rings.